The van der Waals surface area contributed by atoms with E-state index in [1.807, 2.05) is 0 Å². The third-order valence-electron chi connectivity index (χ3n) is 2.85. The zero-order valence-corrected chi connectivity index (χ0v) is 10.6. The summed E-state index contributed by atoms with van der Waals surface area (Å²) in [7, 11) is 4.23. The van der Waals surface area contributed by atoms with Gasteiger partial charge in [0.2, 0.25) is 0 Å². The third-order valence-corrected chi connectivity index (χ3v) is 2.85. The highest BCUT2D eigenvalue weighted by atomic mass is 16.4. The lowest BCUT2D eigenvalue weighted by Gasteiger charge is -2.28. The van der Waals surface area contributed by atoms with E-state index in [0.717, 1.165) is 49.7 Å². The van der Waals surface area contributed by atoms with E-state index in [1.165, 1.54) is 0 Å². The maximum Gasteiger partial charge on any atom is 0.102 e. The van der Waals surface area contributed by atoms with Crippen molar-refractivity contribution in [1.29, 1.82) is 0 Å². The van der Waals surface area contributed by atoms with Crippen molar-refractivity contribution in [2.24, 2.45) is 0 Å². The van der Waals surface area contributed by atoms with Crippen LogP contribution in [0.1, 0.15) is 38.5 Å². The van der Waals surface area contributed by atoms with Gasteiger partial charge in [-0.1, -0.05) is 12.8 Å². The zero-order valence-electron chi connectivity index (χ0n) is 10.6. The molecule has 0 saturated heterocycles. The molecule has 4 nitrogen and oxygen atoms in total. The van der Waals surface area contributed by atoms with Crippen molar-refractivity contribution in [3.63, 3.8) is 0 Å². The van der Waals surface area contributed by atoms with E-state index in [0.29, 0.717) is 0 Å². The molecule has 1 N–H and O–H groups in total. The van der Waals surface area contributed by atoms with Crippen LogP contribution in [0.2, 0.25) is 0 Å². The fourth-order valence-electron chi connectivity index (χ4n) is 1.72. The SMILES string of the molecule is C[N+](C)(CCO)CCCCCCCC(=O)[O-]. The van der Waals surface area contributed by atoms with Crippen LogP contribution in [0.5, 0.6) is 0 Å². The molecule has 0 aromatic heterocycles. The van der Waals surface area contributed by atoms with Crippen LogP contribution >= 0.6 is 0 Å². The van der Waals surface area contributed by atoms with Crippen LogP contribution in [0.15, 0.2) is 0 Å². The standard InChI is InChI=1S/C12H25NO3/c1-13(2,10-11-14)9-7-5-3-4-6-8-12(15)16/h14H,3-11H2,1-2H3. The Labute approximate surface area is 98.5 Å². The Bertz CT molecular complexity index is 193. The molecule has 0 aliphatic heterocycles. The first-order valence-electron chi connectivity index (χ1n) is 6.10. The van der Waals surface area contributed by atoms with Gasteiger partial charge in [0.05, 0.1) is 27.2 Å². The second-order valence-electron chi connectivity index (χ2n) is 5.00. The molecule has 0 aliphatic rings. The Balaban J connectivity index is 3.29. The molecule has 0 radical (unpaired) electrons. The molecular weight excluding hydrogens is 206 g/mol. The van der Waals surface area contributed by atoms with Crippen LogP contribution in [0.4, 0.5) is 0 Å². The van der Waals surface area contributed by atoms with Gasteiger partial charge in [-0.25, -0.2) is 0 Å². The number of hydrogen-bond donors (Lipinski definition) is 1. The predicted octanol–water partition coefficient (Wildman–Crippen LogP) is 0.146. The highest BCUT2D eigenvalue weighted by molar-refractivity contribution is 5.63. The van der Waals surface area contributed by atoms with Crippen molar-refractivity contribution in [1.82, 2.24) is 0 Å². The number of nitrogens with zero attached hydrogens (tertiary/aromatic N) is 1. The Kier molecular flexibility index (Phi) is 8.21. The van der Waals surface area contributed by atoms with Gasteiger partial charge in [0.1, 0.15) is 6.54 Å². The number of aliphatic hydroxyl groups is 1. The maximum absolute atomic E-state index is 10.2. The summed E-state index contributed by atoms with van der Waals surface area (Å²) >= 11 is 0. The molecular formula is C12H25NO3. The minimum absolute atomic E-state index is 0.187. The average molecular weight is 231 g/mol. The molecule has 96 valence electrons. The fraction of sp³-hybridized carbons (Fsp3) is 0.917. The third kappa shape index (κ3) is 9.93. The number of hydrogen-bond acceptors (Lipinski definition) is 3. The Morgan fingerprint density at radius 2 is 1.62 bits per heavy atom. The van der Waals surface area contributed by atoms with Gasteiger partial charge in [-0.2, -0.15) is 0 Å². The van der Waals surface area contributed by atoms with Crippen LogP contribution < -0.4 is 5.11 Å². The lowest BCUT2D eigenvalue weighted by molar-refractivity contribution is -0.890. The van der Waals surface area contributed by atoms with Crippen molar-refractivity contribution in [2.75, 3.05) is 33.8 Å². The number of aliphatic carboxylic acids is 1. The van der Waals surface area contributed by atoms with E-state index in [9.17, 15) is 9.90 Å². The van der Waals surface area contributed by atoms with Crippen molar-refractivity contribution >= 4 is 5.97 Å². The number of unbranched alkanes of at least 4 members (excludes halogenated alkanes) is 4. The summed E-state index contributed by atoms with van der Waals surface area (Å²) in [5.41, 5.74) is 0. The van der Waals surface area contributed by atoms with Gasteiger partial charge in [-0.05, 0) is 25.7 Å². The molecule has 0 bridgehead atoms. The first-order valence-corrected chi connectivity index (χ1v) is 6.10. The van der Waals surface area contributed by atoms with E-state index in [-0.39, 0.29) is 13.0 Å². The number of carbonyl (C=O) groups excluding carboxylic acids is 1. The topological polar surface area (TPSA) is 60.4 Å². The molecule has 0 amide bonds. The molecule has 0 aromatic carbocycles. The number of quaternary nitrogens is 1. The van der Waals surface area contributed by atoms with Gasteiger partial charge < -0.3 is 19.5 Å². The number of rotatable bonds is 10. The molecule has 0 rings (SSSR count). The van der Waals surface area contributed by atoms with Crippen LogP contribution in [-0.4, -0.2) is 49.4 Å². The van der Waals surface area contributed by atoms with E-state index in [1.54, 1.807) is 0 Å². The number of likely N-dealkylation sites (N-methyl/N-ethyl adjacent to an activating group) is 1. The largest absolute Gasteiger partial charge is 0.550 e. The lowest BCUT2D eigenvalue weighted by Crippen LogP contribution is -2.42. The molecule has 0 atom stereocenters. The number of carboxylic acids is 1. The molecule has 0 fully saturated rings. The molecule has 0 saturated carbocycles. The molecule has 0 unspecified atom stereocenters. The normalized spacial score (nSPS) is 11.7. The summed E-state index contributed by atoms with van der Waals surface area (Å²) in [6.07, 6.45) is 5.26. The van der Waals surface area contributed by atoms with Crippen molar-refractivity contribution in [2.45, 2.75) is 38.5 Å². The highest BCUT2D eigenvalue weighted by Gasteiger charge is 2.12. The van der Waals surface area contributed by atoms with Gasteiger partial charge >= 0.3 is 0 Å². The van der Waals surface area contributed by atoms with Crippen LogP contribution in [0.25, 0.3) is 0 Å². The summed E-state index contributed by atoms with van der Waals surface area (Å²) < 4.78 is 0.857. The Morgan fingerprint density at radius 1 is 1.06 bits per heavy atom. The number of carboxylic acid groups (broad SMARTS) is 1. The zero-order chi connectivity index (χ0) is 12.4. The van der Waals surface area contributed by atoms with Crippen molar-refractivity contribution in [3.05, 3.63) is 0 Å². The molecule has 4 heteroatoms. The second kappa shape index (κ2) is 8.53. The maximum atomic E-state index is 10.2. The summed E-state index contributed by atoms with van der Waals surface area (Å²) in [6.45, 7) is 2.10. The minimum atomic E-state index is -0.944. The van der Waals surface area contributed by atoms with Gasteiger partial charge in [0.25, 0.3) is 0 Å². The number of carbonyl (C=O) groups is 1. The average Bonchev–Trinajstić information content (AvgIpc) is 2.15. The fourth-order valence-corrected chi connectivity index (χ4v) is 1.72. The highest BCUT2D eigenvalue weighted by Crippen LogP contribution is 2.07. The molecule has 0 spiro atoms. The smallest absolute Gasteiger partial charge is 0.102 e. The van der Waals surface area contributed by atoms with Gasteiger partial charge in [0.15, 0.2) is 0 Å². The summed E-state index contributed by atoms with van der Waals surface area (Å²) in [6, 6.07) is 0. The minimum Gasteiger partial charge on any atom is -0.550 e. The van der Waals surface area contributed by atoms with Gasteiger partial charge in [-0.15, -0.1) is 0 Å². The van der Waals surface area contributed by atoms with Crippen LogP contribution in [0, 0.1) is 0 Å². The second-order valence-corrected chi connectivity index (χ2v) is 5.00. The lowest BCUT2D eigenvalue weighted by atomic mass is 10.1. The molecule has 0 heterocycles. The number of aliphatic hydroxyl groups excluding tert-OH is 1. The Morgan fingerprint density at radius 3 is 2.19 bits per heavy atom. The van der Waals surface area contributed by atoms with E-state index in [2.05, 4.69) is 14.1 Å². The monoisotopic (exact) mass is 231 g/mol. The summed E-state index contributed by atoms with van der Waals surface area (Å²) in [5, 5.41) is 19.0. The van der Waals surface area contributed by atoms with Crippen LogP contribution in [-0.2, 0) is 4.79 Å². The van der Waals surface area contributed by atoms with Crippen molar-refractivity contribution < 1.29 is 19.5 Å². The molecule has 16 heavy (non-hydrogen) atoms. The summed E-state index contributed by atoms with van der Waals surface area (Å²) in [4.78, 5) is 10.2. The van der Waals surface area contributed by atoms with E-state index >= 15 is 0 Å². The first kappa shape index (κ1) is 15.4. The molecule has 0 aliphatic carbocycles. The first-order chi connectivity index (χ1) is 7.48. The Hall–Kier alpha value is -0.610. The van der Waals surface area contributed by atoms with E-state index < -0.39 is 5.97 Å². The van der Waals surface area contributed by atoms with Crippen LogP contribution in [0.3, 0.4) is 0 Å². The predicted molar refractivity (Wildman–Crippen MR) is 61.6 cm³/mol. The van der Waals surface area contributed by atoms with Crippen molar-refractivity contribution in [3.8, 4) is 0 Å². The van der Waals surface area contributed by atoms with Gasteiger partial charge in [-0.3, -0.25) is 0 Å². The molecule has 0 aromatic rings. The van der Waals surface area contributed by atoms with Gasteiger partial charge in [0, 0.05) is 5.97 Å². The quantitative estimate of drug-likeness (QED) is 0.430. The summed E-state index contributed by atoms with van der Waals surface area (Å²) in [5.74, 6) is -0.944. The van der Waals surface area contributed by atoms with E-state index in [4.69, 9.17) is 5.11 Å².